The monoisotopic (exact) mass is 281 g/mol. The molecule has 100 valence electrons. The fourth-order valence-electron chi connectivity index (χ4n) is 1.79. The third-order valence-electron chi connectivity index (χ3n) is 2.77. The zero-order valence-electron chi connectivity index (χ0n) is 10.2. The third-order valence-corrected chi connectivity index (χ3v) is 2.99. The third kappa shape index (κ3) is 3.01. The zero-order chi connectivity index (χ0) is 13.8. The van der Waals surface area contributed by atoms with Gasteiger partial charge in [-0.2, -0.15) is 0 Å². The number of aromatic nitrogens is 1. The molecule has 1 aromatic heterocycles. The predicted octanol–water partition coefficient (Wildman–Crippen LogP) is 2.44. The van der Waals surface area contributed by atoms with Crippen LogP contribution in [0.3, 0.4) is 0 Å². The second-order valence-electron chi connectivity index (χ2n) is 3.90. The number of nitrogens with two attached hydrogens (primary N) is 1. The van der Waals surface area contributed by atoms with Crippen molar-refractivity contribution >= 4 is 11.6 Å². The quantitative estimate of drug-likeness (QED) is 0.513. The predicted molar refractivity (Wildman–Crippen MR) is 71.4 cm³/mol. The molecule has 0 fully saturated rings. The standard InChI is InChI=1S/C13H13ClFN3O/c1-19-9-3-4-10(11(15)6-9)13(18-16)8-2-5-12(14)17-7-8/h2-7,13,18H,16H2,1H3. The Balaban J connectivity index is 2.39. The molecule has 19 heavy (non-hydrogen) atoms. The summed E-state index contributed by atoms with van der Waals surface area (Å²) in [6.45, 7) is 0. The lowest BCUT2D eigenvalue weighted by atomic mass is 10.0. The molecule has 2 rings (SSSR count). The van der Waals surface area contributed by atoms with Crippen molar-refractivity contribution in [3.8, 4) is 5.75 Å². The molecule has 0 saturated heterocycles. The van der Waals surface area contributed by atoms with Gasteiger partial charge in [-0.15, -0.1) is 0 Å². The van der Waals surface area contributed by atoms with E-state index in [9.17, 15) is 4.39 Å². The number of hydrazine groups is 1. The van der Waals surface area contributed by atoms with Crippen LogP contribution in [0.1, 0.15) is 17.2 Å². The lowest BCUT2D eigenvalue weighted by Gasteiger charge is -2.17. The maximum absolute atomic E-state index is 14.0. The van der Waals surface area contributed by atoms with Crippen molar-refractivity contribution in [2.75, 3.05) is 7.11 Å². The van der Waals surface area contributed by atoms with E-state index < -0.39 is 11.9 Å². The van der Waals surface area contributed by atoms with Crippen LogP contribution in [-0.4, -0.2) is 12.1 Å². The molecule has 1 atom stereocenters. The molecule has 0 spiro atoms. The zero-order valence-corrected chi connectivity index (χ0v) is 11.0. The van der Waals surface area contributed by atoms with Crippen LogP contribution < -0.4 is 16.0 Å². The minimum atomic E-state index is -0.504. The SMILES string of the molecule is COc1ccc(C(NN)c2ccc(Cl)nc2)c(F)c1. The summed E-state index contributed by atoms with van der Waals surface area (Å²) >= 11 is 5.72. The van der Waals surface area contributed by atoms with Crippen LogP contribution in [0.15, 0.2) is 36.5 Å². The molecule has 0 saturated carbocycles. The van der Waals surface area contributed by atoms with Gasteiger partial charge in [0.25, 0.3) is 0 Å². The van der Waals surface area contributed by atoms with Crippen molar-refractivity contribution < 1.29 is 9.13 Å². The van der Waals surface area contributed by atoms with Gasteiger partial charge in [0.05, 0.1) is 13.2 Å². The number of hydrogen-bond acceptors (Lipinski definition) is 4. The van der Waals surface area contributed by atoms with Gasteiger partial charge in [-0.3, -0.25) is 5.84 Å². The Kier molecular flexibility index (Phi) is 4.31. The van der Waals surface area contributed by atoms with Gasteiger partial charge < -0.3 is 4.74 Å². The first-order valence-corrected chi connectivity index (χ1v) is 5.94. The molecule has 0 radical (unpaired) electrons. The summed E-state index contributed by atoms with van der Waals surface area (Å²) in [4.78, 5) is 3.96. The van der Waals surface area contributed by atoms with Crippen molar-refractivity contribution in [1.29, 1.82) is 0 Å². The molecule has 3 N–H and O–H groups in total. The van der Waals surface area contributed by atoms with Gasteiger partial charge in [0, 0.05) is 17.8 Å². The number of rotatable bonds is 4. The Hall–Kier alpha value is -1.69. The Morgan fingerprint density at radius 3 is 2.68 bits per heavy atom. The molecule has 1 unspecified atom stereocenters. The van der Waals surface area contributed by atoms with E-state index in [1.165, 1.54) is 13.2 Å². The molecule has 1 heterocycles. The molecule has 4 nitrogen and oxygen atoms in total. The minimum absolute atomic E-state index is 0.370. The summed E-state index contributed by atoms with van der Waals surface area (Å²) in [5.74, 6) is 5.55. The van der Waals surface area contributed by atoms with Gasteiger partial charge in [0.1, 0.15) is 16.7 Å². The van der Waals surface area contributed by atoms with E-state index >= 15 is 0 Å². The van der Waals surface area contributed by atoms with Crippen molar-refractivity contribution in [2.45, 2.75) is 6.04 Å². The fraction of sp³-hybridized carbons (Fsp3) is 0.154. The number of halogens is 2. The van der Waals surface area contributed by atoms with Crippen molar-refractivity contribution in [3.05, 3.63) is 58.6 Å². The summed E-state index contributed by atoms with van der Waals surface area (Å²) in [7, 11) is 1.48. The van der Waals surface area contributed by atoms with Crippen LogP contribution in [0.2, 0.25) is 5.15 Å². The van der Waals surface area contributed by atoms with Crippen LogP contribution in [0.5, 0.6) is 5.75 Å². The molecular formula is C13H13ClFN3O. The first-order valence-electron chi connectivity index (χ1n) is 5.56. The molecule has 1 aromatic carbocycles. The number of hydrogen-bond donors (Lipinski definition) is 2. The summed E-state index contributed by atoms with van der Waals surface area (Å²) < 4.78 is 19.0. The maximum atomic E-state index is 14.0. The van der Waals surface area contributed by atoms with Crippen LogP contribution in [0.4, 0.5) is 4.39 Å². The van der Waals surface area contributed by atoms with Gasteiger partial charge in [-0.1, -0.05) is 23.7 Å². The summed E-state index contributed by atoms with van der Waals surface area (Å²) in [5.41, 5.74) is 3.70. The molecule has 0 aliphatic carbocycles. The number of nitrogens with zero attached hydrogens (tertiary/aromatic N) is 1. The highest BCUT2D eigenvalue weighted by Gasteiger charge is 2.17. The van der Waals surface area contributed by atoms with Crippen LogP contribution in [0.25, 0.3) is 0 Å². The van der Waals surface area contributed by atoms with E-state index in [0.29, 0.717) is 16.5 Å². The number of pyridine rings is 1. The largest absolute Gasteiger partial charge is 0.497 e. The molecule has 0 aliphatic rings. The first-order chi connectivity index (χ1) is 9.15. The molecule has 2 aromatic rings. The fourth-order valence-corrected chi connectivity index (χ4v) is 1.90. The van der Waals surface area contributed by atoms with E-state index in [0.717, 1.165) is 5.56 Å². The Morgan fingerprint density at radius 2 is 2.16 bits per heavy atom. The highest BCUT2D eigenvalue weighted by atomic mass is 35.5. The lowest BCUT2D eigenvalue weighted by molar-refractivity contribution is 0.410. The summed E-state index contributed by atoms with van der Waals surface area (Å²) in [5, 5.41) is 0.370. The van der Waals surface area contributed by atoms with Crippen LogP contribution >= 0.6 is 11.6 Å². The number of nitrogens with one attached hydrogen (secondary N) is 1. The Labute approximate surface area is 115 Å². The average Bonchev–Trinajstić information content (AvgIpc) is 2.43. The second kappa shape index (κ2) is 5.97. The highest BCUT2D eigenvalue weighted by molar-refractivity contribution is 6.29. The van der Waals surface area contributed by atoms with Gasteiger partial charge in [-0.25, -0.2) is 14.8 Å². The minimum Gasteiger partial charge on any atom is -0.497 e. The van der Waals surface area contributed by atoms with E-state index in [-0.39, 0.29) is 0 Å². The first kappa shape index (κ1) is 13.7. The van der Waals surface area contributed by atoms with Crippen molar-refractivity contribution in [1.82, 2.24) is 10.4 Å². The lowest BCUT2D eigenvalue weighted by Crippen LogP contribution is -2.29. The smallest absolute Gasteiger partial charge is 0.132 e. The Morgan fingerprint density at radius 1 is 1.37 bits per heavy atom. The van der Waals surface area contributed by atoms with E-state index in [2.05, 4.69) is 10.4 Å². The van der Waals surface area contributed by atoms with E-state index in [1.54, 1.807) is 30.5 Å². The maximum Gasteiger partial charge on any atom is 0.132 e. The second-order valence-corrected chi connectivity index (χ2v) is 4.29. The number of benzene rings is 1. The molecule has 6 heteroatoms. The summed E-state index contributed by atoms with van der Waals surface area (Å²) in [6, 6.07) is 7.46. The molecule has 0 amide bonds. The van der Waals surface area contributed by atoms with Gasteiger partial charge in [0.15, 0.2) is 0 Å². The number of ether oxygens (including phenoxy) is 1. The van der Waals surface area contributed by atoms with Crippen LogP contribution in [0, 0.1) is 5.82 Å². The molecule has 0 bridgehead atoms. The van der Waals surface area contributed by atoms with E-state index in [4.69, 9.17) is 22.2 Å². The van der Waals surface area contributed by atoms with Crippen LogP contribution in [-0.2, 0) is 0 Å². The van der Waals surface area contributed by atoms with E-state index in [1.807, 2.05) is 0 Å². The number of methoxy groups -OCH3 is 1. The highest BCUT2D eigenvalue weighted by Crippen LogP contribution is 2.26. The molecule has 0 aliphatic heterocycles. The Bertz CT molecular complexity index is 562. The van der Waals surface area contributed by atoms with Gasteiger partial charge in [0.2, 0.25) is 0 Å². The molecular weight excluding hydrogens is 269 g/mol. The summed E-state index contributed by atoms with van der Waals surface area (Å²) in [6.07, 6.45) is 1.55. The topological polar surface area (TPSA) is 60.2 Å². The van der Waals surface area contributed by atoms with Crippen molar-refractivity contribution in [3.63, 3.8) is 0 Å². The normalized spacial score (nSPS) is 12.2. The van der Waals surface area contributed by atoms with Gasteiger partial charge >= 0.3 is 0 Å². The average molecular weight is 282 g/mol. The van der Waals surface area contributed by atoms with Gasteiger partial charge in [-0.05, 0) is 17.7 Å². The van der Waals surface area contributed by atoms with Crippen molar-refractivity contribution in [2.24, 2.45) is 5.84 Å².